The Balaban J connectivity index is 2.56. The minimum atomic E-state index is -1.06. The lowest BCUT2D eigenvalue weighted by Gasteiger charge is -2.16. The van der Waals surface area contributed by atoms with Crippen molar-refractivity contribution in [3.05, 3.63) is 6.33 Å². The molecule has 1 heterocycles. The van der Waals surface area contributed by atoms with Crippen molar-refractivity contribution in [3.8, 4) is 0 Å². The highest BCUT2D eigenvalue weighted by atomic mass is 16.4. The van der Waals surface area contributed by atoms with E-state index in [9.17, 15) is 9.59 Å². The molecule has 2 amide bonds. The second kappa shape index (κ2) is 5.99. The second-order valence-electron chi connectivity index (χ2n) is 4.33. The van der Waals surface area contributed by atoms with Gasteiger partial charge in [-0.1, -0.05) is 13.8 Å². The molecule has 100 valence electrons. The molecule has 3 N–H and O–H groups in total. The minimum absolute atomic E-state index is 0.168. The Kier molecular flexibility index (Phi) is 4.64. The maximum Gasteiger partial charge on any atom is 0.326 e. The third-order valence-corrected chi connectivity index (χ3v) is 2.25. The summed E-state index contributed by atoms with van der Waals surface area (Å²) < 4.78 is 1.37. The summed E-state index contributed by atoms with van der Waals surface area (Å²) in [6.45, 7) is 3.77. The number of aryl methyl sites for hydroxylation is 1. The molecule has 1 aromatic heterocycles. The lowest BCUT2D eigenvalue weighted by molar-refractivity contribution is -0.139. The Morgan fingerprint density at radius 3 is 2.61 bits per heavy atom. The number of carbonyl (C=O) groups excluding carboxylic acids is 1. The predicted octanol–water partition coefficient (Wildman–Crippen LogP) is 0.436. The van der Waals surface area contributed by atoms with Crippen molar-refractivity contribution in [2.45, 2.75) is 26.3 Å². The van der Waals surface area contributed by atoms with E-state index in [-0.39, 0.29) is 11.9 Å². The molecule has 1 atom stereocenters. The Hall–Kier alpha value is -2.12. The number of nitrogens with one attached hydrogen (secondary N) is 2. The highest BCUT2D eigenvalue weighted by Crippen LogP contribution is 2.05. The maximum absolute atomic E-state index is 11.6. The van der Waals surface area contributed by atoms with Gasteiger partial charge in [0.15, 0.2) is 0 Å². The van der Waals surface area contributed by atoms with Crippen LogP contribution in [-0.2, 0) is 11.8 Å². The molecule has 0 bridgehead atoms. The number of carboxylic acids is 1. The standard InChI is InChI=1S/C10H17N5O3/c1-6(2)4-7(8(16)17)13-10(18)14-9-11-5-12-15(9)3/h5-7H,4H2,1-3H3,(H,16,17)(H2,11,12,13,14,18). The van der Waals surface area contributed by atoms with Gasteiger partial charge < -0.3 is 10.4 Å². The summed E-state index contributed by atoms with van der Waals surface area (Å²) in [4.78, 5) is 26.4. The zero-order chi connectivity index (χ0) is 13.7. The van der Waals surface area contributed by atoms with Crippen LogP contribution >= 0.6 is 0 Å². The van der Waals surface area contributed by atoms with E-state index in [2.05, 4.69) is 20.7 Å². The van der Waals surface area contributed by atoms with Crippen LogP contribution in [0.15, 0.2) is 6.33 Å². The average molecular weight is 255 g/mol. The molecule has 18 heavy (non-hydrogen) atoms. The number of amides is 2. The van der Waals surface area contributed by atoms with Gasteiger partial charge in [-0.2, -0.15) is 10.1 Å². The van der Waals surface area contributed by atoms with Crippen molar-refractivity contribution in [1.82, 2.24) is 20.1 Å². The summed E-state index contributed by atoms with van der Waals surface area (Å²) in [6, 6.07) is -1.53. The van der Waals surface area contributed by atoms with Crippen LogP contribution in [0.2, 0.25) is 0 Å². The Morgan fingerprint density at radius 2 is 2.17 bits per heavy atom. The van der Waals surface area contributed by atoms with Crippen molar-refractivity contribution >= 4 is 17.9 Å². The van der Waals surface area contributed by atoms with E-state index < -0.39 is 18.0 Å². The monoisotopic (exact) mass is 255 g/mol. The number of carbonyl (C=O) groups is 2. The van der Waals surface area contributed by atoms with Gasteiger partial charge in [-0.15, -0.1) is 0 Å². The van der Waals surface area contributed by atoms with Crippen molar-refractivity contribution in [1.29, 1.82) is 0 Å². The van der Waals surface area contributed by atoms with Gasteiger partial charge in [-0.25, -0.2) is 14.3 Å². The normalized spacial score (nSPS) is 12.2. The molecule has 0 aliphatic rings. The molecule has 0 fully saturated rings. The van der Waals surface area contributed by atoms with Crippen molar-refractivity contribution < 1.29 is 14.7 Å². The van der Waals surface area contributed by atoms with Gasteiger partial charge >= 0.3 is 12.0 Å². The number of anilines is 1. The van der Waals surface area contributed by atoms with E-state index in [4.69, 9.17) is 5.11 Å². The molecule has 0 aliphatic carbocycles. The number of hydrogen-bond acceptors (Lipinski definition) is 4. The van der Waals surface area contributed by atoms with Gasteiger partial charge in [0.2, 0.25) is 5.95 Å². The molecule has 1 unspecified atom stereocenters. The molecule has 0 aliphatic heterocycles. The number of hydrogen-bond donors (Lipinski definition) is 3. The Labute approximate surface area is 104 Å². The van der Waals surface area contributed by atoms with Gasteiger partial charge in [0.1, 0.15) is 12.4 Å². The summed E-state index contributed by atoms with van der Waals surface area (Å²) >= 11 is 0. The fourth-order valence-electron chi connectivity index (χ4n) is 1.40. The van der Waals surface area contributed by atoms with Crippen molar-refractivity contribution in [2.75, 3.05) is 5.32 Å². The molecule has 1 rings (SSSR count). The summed E-state index contributed by atoms with van der Waals surface area (Å²) in [5.74, 6) is -0.640. The zero-order valence-electron chi connectivity index (χ0n) is 10.5. The fraction of sp³-hybridized carbons (Fsp3) is 0.600. The molecule has 8 nitrogen and oxygen atoms in total. The number of carboxylic acid groups (broad SMARTS) is 1. The largest absolute Gasteiger partial charge is 0.480 e. The van der Waals surface area contributed by atoms with E-state index in [0.29, 0.717) is 6.42 Å². The van der Waals surface area contributed by atoms with Gasteiger partial charge in [0.25, 0.3) is 0 Å². The summed E-state index contributed by atoms with van der Waals surface area (Å²) in [5, 5.41) is 17.6. The van der Waals surface area contributed by atoms with Crippen LogP contribution in [0.25, 0.3) is 0 Å². The van der Waals surface area contributed by atoms with E-state index in [0.717, 1.165) is 0 Å². The first-order valence-corrected chi connectivity index (χ1v) is 5.54. The lowest BCUT2D eigenvalue weighted by atomic mass is 10.0. The number of aliphatic carboxylic acids is 1. The van der Waals surface area contributed by atoms with E-state index in [1.165, 1.54) is 11.0 Å². The summed E-state index contributed by atoms with van der Waals surface area (Å²) in [6.07, 6.45) is 1.65. The molecule has 0 saturated carbocycles. The molecular formula is C10H17N5O3. The number of nitrogens with zero attached hydrogens (tertiary/aromatic N) is 3. The van der Waals surface area contributed by atoms with E-state index in [1.807, 2.05) is 13.8 Å². The first-order valence-electron chi connectivity index (χ1n) is 5.54. The lowest BCUT2D eigenvalue weighted by Crippen LogP contribution is -2.44. The third-order valence-electron chi connectivity index (χ3n) is 2.25. The first kappa shape index (κ1) is 13.9. The summed E-state index contributed by atoms with van der Waals surface area (Å²) in [7, 11) is 1.62. The average Bonchev–Trinajstić information content (AvgIpc) is 2.62. The molecule has 0 aromatic carbocycles. The predicted molar refractivity (Wildman–Crippen MR) is 64.0 cm³/mol. The van der Waals surface area contributed by atoms with Crippen molar-refractivity contribution in [3.63, 3.8) is 0 Å². The van der Waals surface area contributed by atoms with Crippen LogP contribution < -0.4 is 10.6 Å². The molecular weight excluding hydrogens is 238 g/mol. The Bertz CT molecular complexity index is 429. The van der Waals surface area contributed by atoms with E-state index >= 15 is 0 Å². The van der Waals surface area contributed by atoms with Gasteiger partial charge in [-0.05, 0) is 12.3 Å². The SMILES string of the molecule is CC(C)CC(NC(=O)Nc1ncnn1C)C(=O)O. The quantitative estimate of drug-likeness (QED) is 0.707. The highest BCUT2D eigenvalue weighted by Gasteiger charge is 2.21. The first-order chi connectivity index (χ1) is 8.40. The van der Waals surface area contributed by atoms with Crippen LogP contribution in [0, 0.1) is 5.92 Å². The molecule has 0 spiro atoms. The van der Waals surface area contributed by atoms with Crippen LogP contribution in [0.4, 0.5) is 10.7 Å². The van der Waals surface area contributed by atoms with Crippen LogP contribution in [-0.4, -0.2) is 37.9 Å². The molecule has 0 radical (unpaired) electrons. The molecule has 8 heteroatoms. The molecule has 0 saturated heterocycles. The van der Waals surface area contributed by atoms with E-state index in [1.54, 1.807) is 7.05 Å². The maximum atomic E-state index is 11.6. The van der Waals surface area contributed by atoms with Gasteiger partial charge in [-0.3, -0.25) is 5.32 Å². The number of aromatic nitrogens is 3. The fourth-order valence-corrected chi connectivity index (χ4v) is 1.40. The minimum Gasteiger partial charge on any atom is -0.480 e. The van der Waals surface area contributed by atoms with Crippen LogP contribution in [0.3, 0.4) is 0 Å². The molecule has 1 aromatic rings. The van der Waals surface area contributed by atoms with Crippen molar-refractivity contribution in [2.24, 2.45) is 13.0 Å². The zero-order valence-corrected chi connectivity index (χ0v) is 10.5. The number of rotatable bonds is 5. The topological polar surface area (TPSA) is 109 Å². The smallest absolute Gasteiger partial charge is 0.326 e. The van der Waals surface area contributed by atoms with Gasteiger partial charge in [0.05, 0.1) is 0 Å². The highest BCUT2D eigenvalue weighted by molar-refractivity contribution is 5.90. The van der Waals surface area contributed by atoms with Crippen LogP contribution in [0.5, 0.6) is 0 Å². The van der Waals surface area contributed by atoms with Crippen LogP contribution in [0.1, 0.15) is 20.3 Å². The van der Waals surface area contributed by atoms with Gasteiger partial charge in [0, 0.05) is 7.05 Å². The summed E-state index contributed by atoms with van der Waals surface area (Å²) in [5.41, 5.74) is 0. The third kappa shape index (κ3) is 4.04. The Morgan fingerprint density at radius 1 is 1.50 bits per heavy atom. The number of urea groups is 1. The second-order valence-corrected chi connectivity index (χ2v) is 4.33.